The molecule has 0 unspecified atom stereocenters. The highest BCUT2D eigenvalue weighted by Crippen LogP contribution is 2.23. The van der Waals surface area contributed by atoms with Crippen LogP contribution in [0.25, 0.3) is 11.8 Å². The first-order valence-electron chi connectivity index (χ1n) is 8.98. The molecule has 0 radical (unpaired) electrons. The van der Waals surface area contributed by atoms with Crippen LogP contribution in [0.2, 0.25) is 0 Å². The van der Waals surface area contributed by atoms with Crippen LogP contribution in [0.1, 0.15) is 11.3 Å². The lowest BCUT2D eigenvalue weighted by Gasteiger charge is -2.14. The Labute approximate surface area is 173 Å². The molecule has 2 aromatic carbocycles. The zero-order valence-corrected chi connectivity index (χ0v) is 16.8. The van der Waals surface area contributed by atoms with Gasteiger partial charge in [0, 0.05) is 17.6 Å². The molecule has 4 rings (SSSR count). The van der Waals surface area contributed by atoms with Crippen molar-refractivity contribution in [3.8, 4) is 5.69 Å². The van der Waals surface area contributed by atoms with Crippen LogP contribution in [0.4, 0.5) is 5.69 Å². The highest BCUT2D eigenvalue weighted by molar-refractivity contribution is 7.89. The number of hydrogen-bond donors (Lipinski definition) is 2. The highest BCUT2D eigenvalue weighted by atomic mass is 32.2. The highest BCUT2D eigenvalue weighted by Gasteiger charge is 2.34. The van der Waals surface area contributed by atoms with Gasteiger partial charge in [-0.25, -0.2) is 18.6 Å². The molecule has 152 valence electrons. The minimum absolute atomic E-state index is 0.00241. The van der Waals surface area contributed by atoms with Crippen molar-refractivity contribution in [2.24, 2.45) is 5.14 Å². The lowest BCUT2D eigenvalue weighted by Crippen LogP contribution is -2.35. The van der Waals surface area contributed by atoms with Gasteiger partial charge in [0.1, 0.15) is 5.57 Å². The topological polar surface area (TPSA) is 114 Å². The van der Waals surface area contributed by atoms with Gasteiger partial charge in [0.05, 0.1) is 10.6 Å². The number of hydrazine groups is 1. The number of nitrogens with two attached hydrogens (primary N) is 1. The van der Waals surface area contributed by atoms with Crippen molar-refractivity contribution in [1.29, 1.82) is 0 Å². The molecule has 0 aliphatic carbocycles. The summed E-state index contributed by atoms with van der Waals surface area (Å²) in [4.78, 5) is 25.2. The number of amides is 2. The second kappa shape index (κ2) is 7.29. The van der Waals surface area contributed by atoms with E-state index < -0.39 is 21.8 Å². The third-order valence-corrected chi connectivity index (χ3v) is 5.63. The molecule has 3 N–H and O–H groups in total. The van der Waals surface area contributed by atoms with E-state index in [0.717, 1.165) is 5.56 Å². The predicted octanol–water partition coefficient (Wildman–Crippen LogP) is 1.89. The van der Waals surface area contributed by atoms with E-state index in [9.17, 15) is 18.0 Å². The fraction of sp³-hybridized carbons (Fsp3) is 0.0476. The van der Waals surface area contributed by atoms with E-state index in [4.69, 9.17) is 5.14 Å². The molecule has 8 nitrogen and oxygen atoms in total. The third-order valence-electron chi connectivity index (χ3n) is 4.70. The number of carbonyl (C=O) groups excluding carboxylic acids is 2. The predicted molar refractivity (Wildman–Crippen MR) is 112 cm³/mol. The van der Waals surface area contributed by atoms with Crippen LogP contribution < -0.4 is 15.6 Å². The summed E-state index contributed by atoms with van der Waals surface area (Å²) in [6.07, 6.45) is 3.24. The monoisotopic (exact) mass is 422 g/mol. The Morgan fingerprint density at radius 3 is 2.20 bits per heavy atom. The molecule has 0 saturated carbocycles. The first-order valence-corrected chi connectivity index (χ1v) is 10.5. The number of primary sulfonamides is 1. The van der Waals surface area contributed by atoms with E-state index in [1.165, 1.54) is 23.2 Å². The Kier molecular flexibility index (Phi) is 4.76. The van der Waals surface area contributed by atoms with Crippen molar-refractivity contribution in [2.45, 2.75) is 11.8 Å². The van der Waals surface area contributed by atoms with Gasteiger partial charge in [0.2, 0.25) is 10.0 Å². The largest absolute Gasteiger partial charge is 0.317 e. The van der Waals surface area contributed by atoms with Crippen LogP contribution in [0, 0.1) is 6.92 Å². The van der Waals surface area contributed by atoms with Gasteiger partial charge < -0.3 is 4.57 Å². The Hall–Kier alpha value is -3.69. The van der Waals surface area contributed by atoms with Gasteiger partial charge in [-0.1, -0.05) is 17.7 Å². The van der Waals surface area contributed by atoms with Crippen LogP contribution in [0.3, 0.4) is 0 Å². The first-order chi connectivity index (χ1) is 14.2. The van der Waals surface area contributed by atoms with Crippen molar-refractivity contribution >= 4 is 33.6 Å². The Morgan fingerprint density at radius 2 is 1.57 bits per heavy atom. The van der Waals surface area contributed by atoms with Gasteiger partial charge in [-0.2, -0.15) is 0 Å². The lowest BCUT2D eigenvalue weighted by atomic mass is 10.2. The summed E-state index contributed by atoms with van der Waals surface area (Å²) in [5, 5.41) is 6.34. The quantitative estimate of drug-likeness (QED) is 0.494. The van der Waals surface area contributed by atoms with Crippen molar-refractivity contribution in [2.75, 3.05) is 5.01 Å². The second-order valence-corrected chi connectivity index (χ2v) is 8.38. The van der Waals surface area contributed by atoms with Gasteiger partial charge in [0.25, 0.3) is 11.8 Å². The number of aryl methyl sites for hydroxylation is 1. The second-order valence-electron chi connectivity index (χ2n) is 6.82. The van der Waals surface area contributed by atoms with Gasteiger partial charge >= 0.3 is 0 Å². The van der Waals surface area contributed by atoms with Gasteiger partial charge in [-0.05, 0) is 61.5 Å². The molecular weight excluding hydrogens is 404 g/mol. The standard InChI is InChI=1S/C21H18N4O4S/c1-14-4-6-16(7-5-14)25-21(27)19(20(26)23-25)13-17-3-2-12-24(17)15-8-10-18(11-9-15)30(22,28)29/h2-13H,1H3,(H,23,26)(H2,22,28,29)/b19-13-. The molecule has 0 spiro atoms. The Balaban J connectivity index is 1.66. The van der Waals surface area contributed by atoms with Crippen LogP contribution >= 0.6 is 0 Å². The van der Waals surface area contributed by atoms with E-state index in [2.05, 4.69) is 5.43 Å². The molecule has 9 heteroatoms. The number of benzene rings is 2. The van der Waals surface area contributed by atoms with E-state index in [1.807, 2.05) is 19.1 Å². The van der Waals surface area contributed by atoms with Crippen molar-refractivity contribution < 1.29 is 18.0 Å². The third kappa shape index (κ3) is 3.63. The molecule has 3 aromatic rings. The fourth-order valence-electron chi connectivity index (χ4n) is 3.12. The number of sulfonamides is 1. The number of rotatable bonds is 4. The summed E-state index contributed by atoms with van der Waals surface area (Å²) in [5.41, 5.74) is 5.41. The molecule has 0 bridgehead atoms. The summed E-state index contributed by atoms with van der Waals surface area (Å²) < 4.78 is 24.6. The minimum Gasteiger partial charge on any atom is -0.317 e. The average Bonchev–Trinajstić information content (AvgIpc) is 3.28. The van der Waals surface area contributed by atoms with Crippen molar-refractivity contribution in [3.05, 3.63) is 83.7 Å². The minimum atomic E-state index is -3.79. The first kappa shape index (κ1) is 19.6. The number of anilines is 1. The molecular formula is C21H18N4O4S. The maximum absolute atomic E-state index is 12.8. The normalized spacial score (nSPS) is 15.7. The molecule has 1 aliphatic rings. The van der Waals surface area contributed by atoms with E-state index >= 15 is 0 Å². The summed E-state index contributed by atoms with van der Waals surface area (Å²) in [6.45, 7) is 1.93. The SMILES string of the molecule is Cc1ccc(N2NC(=O)/C(=C/c3cccn3-c3ccc(S(N)(=O)=O)cc3)C2=O)cc1. The van der Waals surface area contributed by atoms with Gasteiger partial charge in [-0.15, -0.1) is 0 Å². The van der Waals surface area contributed by atoms with Gasteiger partial charge in [-0.3, -0.25) is 15.0 Å². The van der Waals surface area contributed by atoms with E-state index in [-0.39, 0.29) is 10.5 Å². The van der Waals surface area contributed by atoms with Crippen LogP contribution in [-0.4, -0.2) is 24.8 Å². The van der Waals surface area contributed by atoms with Gasteiger partial charge in [0.15, 0.2) is 0 Å². The number of nitrogens with zero attached hydrogens (tertiary/aromatic N) is 2. The molecule has 1 aliphatic heterocycles. The molecule has 1 saturated heterocycles. The maximum atomic E-state index is 12.8. The number of carbonyl (C=O) groups is 2. The zero-order valence-electron chi connectivity index (χ0n) is 15.9. The summed E-state index contributed by atoms with van der Waals surface area (Å²) in [7, 11) is -3.79. The fourth-order valence-corrected chi connectivity index (χ4v) is 3.64. The van der Waals surface area contributed by atoms with Crippen molar-refractivity contribution in [3.63, 3.8) is 0 Å². The average molecular weight is 422 g/mol. The smallest absolute Gasteiger partial charge is 0.282 e. The van der Waals surface area contributed by atoms with Crippen molar-refractivity contribution in [1.82, 2.24) is 9.99 Å². The molecule has 0 atom stereocenters. The summed E-state index contributed by atoms with van der Waals surface area (Å²) in [6, 6.07) is 16.7. The van der Waals surface area contributed by atoms with Crippen LogP contribution in [0.15, 0.2) is 77.3 Å². The lowest BCUT2D eigenvalue weighted by molar-refractivity contribution is -0.117. The molecule has 1 aromatic heterocycles. The molecule has 1 fully saturated rings. The van der Waals surface area contributed by atoms with Crippen LogP contribution in [-0.2, 0) is 19.6 Å². The summed E-state index contributed by atoms with van der Waals surface area (Å²) >= 11 is 0. The van der Waals surface area contributed by atoms with Crippen LogP contribution in [0.5, 0.6) is 0 Å². The zero-order chi connectivity index (χ0) is 21.5. The maximum Gasteiger partial charge on any atom is 0.282 e. The summed E-state index contributed by atoms with van der Waals surface area (Å²) in [5.74, 6) is -0.959. The Morgan fingerprint density at radius 1 is 0.933 bits per heavy atom. The number of hydrogen-bond acceptors (Lipinski definition) is 4. The van der Waals surface area contributed by atoms with E-state index in [1.54, 1.807) is 47.2 Å². The molecule has 2 heterocycles. The Bertz CT molecular complexity index is 1270. The van der Waals surface area contributed by atoms with E-state index in [0.29, 0.717) is 17.1 Å². The number of aromatic nitrogens is 1. The molecule has 2 amide bonds. The number of nitrogens with one attached hydrogen (secondary N) is 1. The molecule has 30 heavy (non-hydrogen) atoms.